The Morgan fingerprint density at radius 3 is 2.52 bits per heavy atom. The largest absolute Gasteiger partial charge is 0.492 e. The number of hydrogen-bond acceptors (Lipinski definition) is 3. The Bertz CT molecular complexity index is 680. The van der Waals surface area contributed by atoms with E-state index in [0.29, 0.717) is 17.9 Å². The van der Waals surface area contributed by atoms with Crippen molar-refractivity contribution in [3.05, 3.63) is 58.1 Å². The fourth-order valence-corrected chi connectivity index (χ4v) is 2.66. The third-order valence-electron chi connectivity index (χ3n) is 3.37. The van der Waals surface area contributed by atoms with Crippen LogP contribution in [-0.2, 0) is 0 Å². The zero-order valence-corrected chi connectivity index (χ0v) is 15.2. The molecule has 0 saturated heterocycles. The van der Waals surface area contributed by atoms with Crippen LogP contribution in [0.3, 0.4) is 0 Å². The Morgan fingerprint density at radius 2 is 1.87 bits per heavy atom. The van der Waals surface area contributed by atoms with Gasteiger partial charge in [0, 0.05) is 0 Å². The van der Waals surface area contributed by atoms with Crippen molar-refractivity contribution in [3.63, 3.8) is 0 Å². The van der Waals surface area contributed by atoms with Gasteiger partial charge in [-0.3, -0.25) is 0 Å². The summed E-state index contributed by atoms with van der Waals surface area (Å²) in [6.07, 6.45) is 0.933. The third kappa shape index (κ3) is 4.58. The highest BCUT2D eigenvalue weighted by Crippen LogP contribution is 2.29. The molecule has 4 heteroatoms. The molecule has 0 aliphatic rings. The normalized spacial score (nSPS) is 10.7. The summed E-state index contributed by atoms with van der Waals surface area (Å²) >= 11 is 3.44. The Hall–Kier alpha value is -1.81. The predicted molar refractivity (Wildman–Crippen MR) is 95.4 cm³/mol. The summed E-state index contributed by atoms with van der Waals surface area (Å²) in [6.45, 7) is 6.84. The highest BCUT2D eigenvalue weighted by Gasteiger charge is 2.14. The molecule has 0 saturated carbocycles. The highest BCUT2D eigenvalue weighted by atomic mass is 79.9. The van der Waals surface area contributed by atoms with Gasteiger partial charge in [0.2, 0.25) is 0 Å². The van der Waals surface area contributed by atoms with Crippen molar-refractivity contribution >= 4 is 21.9 Å². The minimum atomic E-state index is -0.374. The zero-order valence-electron chi connectivity index (χ0n) is 13.6. The molecule has 0 aliphatic heterocycles. The van der Waals surface area contributed by atoms with Gasteiger partial charge in [-0.15, -0.1) is 0 Å². The molecule has 122 valence electrons. The van der Waals surface area contributed by atoms with Crippen molar-refractivity contribution in [1.82, 2.24) is 0 Å². The van der Waals surface area contributed by atoms with Gasteiger partial charge in [0.1, 0.15) is 11.5 Å². The van der Waals surface area contributed by atoms with Gasteiger partial charge in [-0.25, -0.2) is 4.79 Å². The van der Waals surface area contributed by atoms with E-state index in [1.165, 1.54) is 0 Å². The molecule has 23 heavy (non-hydrogen) atoms. The molecule has 0 heterocycles. The summed E-state index contributed by atoms with van der Waals surface area (Å²) in [5, 5.41) is 0. The Balaban J connectivity index is 2.17. The van der Waals surface area contributed by atoms with Gasteiger partial charge < -0.3 is 9.47 Å². The van der Waals surface area contributed by atoms with Gasteiger partial charge in [-0.2, -0.15) is 0 Å². The molecule has 0 aliphatic carbocycles. The zero-order chi connectivity index (χ0) is 16.8. The fourth-order valence-electron chi connectivity index (χ4n) is 2.17. The van der Waals surface area contributed by atoms with E-state index in [9.17, 15) is 4.79 Å². The molecule has 0 unspecified atom stereocenters. The SMILES string of the molecule is CCCOc1ccc(C(=O)Oc2ccccc2C(C)C)cc1Br. The van der Waals surface area contributed by atoms with Gasteiger partial charge in [0.15, 0.2) is 0 Å². The number of para-hydroxylation sites is 1. The van der Waals surface area contributed by atoms with Gasteiger partial charge in [-0.05, 0) is 58.1 Å². The number of carbonyl (C=O) groups is 1. The van der Waals surface area contributed by atoms with Crippen molar-refractivity contribution in [2.24, 2.45) is 0 Å². The van der Waals surface area contributed by atoms with Crippen LogP contribution in [0.5, 0.6) is 11.5 Å². The maximum absolute atomic E-state index is 12.4. The molecule has 0 radical (unpaired) electrons. The second-order valence-corrected chi connectivity index (χ2v) is 6.43. The van der Waals surface area contributed by atoms with Crippen LogP contribution in [0.4, 0.5) is 0 Å². The second kappa shape index (κ2) is 8.16. The fraction of sp³-hybridized carbons (Fsp3) is 0.316. The summed E-state index contributed by atoms with van der Waals surface area (Å²) in [7, 11) is 0. The van der Waals surface area contributed by atoms with Crippen molar-refractivity contribution in [3.8, 4) is 11.5 Å². The lowest BCUT2D eigenvalue weighted by Crippen LogP contribution is -2.10. The van der Waals surface area contributed by atoms with Crippen LogP contribution in [-0.4, -0.2) is 12.6 Å². The number of benzene rings is 2. The average Bonchev–Trinajstić information content (AvgIpc) is 2.54. The predicted octanol–water partition coefficient (Wildman–Crippen LogP) is 5.58. The number of ether oxygens (including phenoxy) is 2. The van der Waals surface area contributed by atoms with E-state index in [0.717, 1.165) is 22.2 Å². The average molecular weight is 377 g/mol. The van der Waals surface area contributed by atoms with Crippen LogP contribution in [0.25, 0.3) is 0 Å². The Labute approximate surface area is 145 Å². The molecule has 2 rings (SSSR count). The van der Waals surface area contributed by atoms with Crippen molar-refractivity contribution in [2.75, 3.05) is 6.61 Å². The molecule has 3 nitrogen and oxygen atoms in total. The number of esters is 1. The molecule has 0 spiro atoms. The van der Waals surface area contributed by atoms with Gasteiger partial charge in [0.25, 0.3) is 0 Å². The maximum atomic E-state index is 12.4. The number of carbonyl (C=O) groups excluding carboxylic acids is 1. The third-order valence-corrected chi connectivity index (χ3v) is 3.99. The van der Waals surface area contributed by atoms with Crippen LogP contribution < -0.4 is 9.47 Å². The van der Waals surface area contributed by atoms with E-state index < -0.39 is 0 Å². The summed E-state index contributed by atoms with van der Waals surface area (Å²) in [5.74, 6) is 1.25. The smallest absolute Gasteiger partial charge is 0.343 e. The van der Waals surface area contributed by atoms with E-state index in [-0.39, 0.29) is 11.9 Å². The summed E-state index contributed by atoms with van der Waals surface area (Å²) < 4.78 is 11.9. The first kappa shape index (κ1) is 17.5. The topological polar surface area (TPSA) is 35.5 Å². The first-order valence-electron chi connectivity index (χ1n) is 7.76. The number of rotatable bonds is 6. The molecule has 2 aromatic rings. The highest BCUT2D eigenvalue weighted by molar-refractivity contribution is 9.10. The van der Waals surface area contributed by atoms with Crippen LogP contribution in [0.1, 0.15) is 49.0 Å². The monoisotopic (exact) mass is 376 g/mol. The lowest BCUT2D eigenvalue weighted by atomic mass is 10.0. The van der Waals surface area contributed by atoms with Crippen molar-refractivity contribution in [1.29, 1.82) is 0 Å². The van der Waals surface area contributed by atoms with E-state index in [4.69, 9.17) is 9.47 Å². The molecule has 0 fully saturated rings. The van der Waals surface area contributed by atoms with Crippen LogP contribution in [0.2, 0.25) is 0 Å². The van der Waals surface area contributed by atoms with E-state index in [1.54, 1.807) is 18.2 Å². The van der Waals surface area contributed by atoms with E-state index >= 15 is 0 Å². The number of halogens is 1. The first-order valence-corrected chi connectivity index (χ1v) is 8.55. The van der Waals surface area contributed by atoms with E-state index in [1.807, 2.05) is 31.2 Å². The molecule has 0 amide bonds. The number of hydrogen-bond donors (Lipinski definition) is 0. The van der Waals surface area contributed by atoms with Gasteiger partial charge in [-0.1, -0.05) is 39.0 Å². The molecule has 0 N–H and O–H groups in total. The molecule has 0 atom stereocenters. The standard InChI is InChI=1S/C19H21BrO3/c1-4-11-22-18-10-9-14(12-16(18)20)19(21)23-17-8-6-5-7-15(17)13(2)3/h5-10,12-13H,4,11H2,1-3H3. The molecular formula is C19H21BrO3. The minimum absolute atomic E-state index is 0.288. The summed E-state index contributed by atoms with van der Waals surface area (Å²) in [4.78, 5) is 12.4. The van der Waals surface area contributed by atoms with Gasteiger partial charge in [0.05, 0.1) is 16.6 Å². The Morgan fingerprint density at radius 1 is 1.13 bits per heavy atom. The first-order chi connectivity index (χ1) is 11.0. The molecule has 0 aromatic heterocycles. The summed E-state index contributed by atoms with van der Waals surface area (Å²) in [6, 6.07) is 12.8. The van der Waals surface area contributed by atoms with Crippen LogP contribution >= 0.6 is 15.9 Å². The molecule has 2 aromatic carbocycles. The second-order valence-electron chi connectivity index (χ2n) is 5.58. The molecular weight excluding hydrogens is 356 g/mol. The lowest BCUT2D eigenvalue weighted by Gasteiger charge is -2.13. The maximum Gasteiger partial charge on any atom is 0.343 e. The van der Waals surface area contributed by atoms with Crippen molar-refractivity contribution < 1.29 is 14.3 Å². The van der Waals surface area contributed by atoms with Gasteiger partial charge >= 0.3 is 5.97 Å². The quantitative estimate of drug-likeness (QED) is 0.487. The van der Waals surface area contributed by atoms with Crippen molar-refractivity contribution in [2.45, 2.75) is 33.1 Å². The molecule has 0 bridgehead atoms. The minimum Gasteiger partial charge on any atom is -0.492 e. The van der Waals surface area contributed by atoms with Crippen LogP contribution in [0.15, 0.2) is 46.9 Å². The Kier molecular flexibility index (Phi) is 6.22. The van der Waals surface area contributed by atoms with Crippen LogP contribution in [0, 0.1) is 0 Å². The lowest BCUT2D eigenvalue weighted by molar-refractivity contribution is 0.0732. The van der Waals surface area contributed by atoms with E-state index in [2.05, 4.69) is 29.8 Å². The summed E-state index contributed by atoms with van der Waals surface area (Å²) in [5.41, 5.74) is 1.50.